The number of unbranched alkanes of at least 4 members (excludes halogenated alkanes) is 1. The summed E-state index contributed by atoms with van der Waals surface area (Å²) in [6, 6.07) is 4.00. The number of anilines is 1. The summed E-state index contributed by atoms with van der Waals surface area (Å²) in [5, 5.41) is 3.66. The van der Waals surface area contributed by atoms with Crippen molar-refractivity contribution >= 4 is 35.6 Å². The fourth-order valence-corrected chi connectivity index (χ4v) is 3.89. The lowest BCUT2D eigenvalue weighted by atomic mass is 10.1. The van der Waals surface area contributed by atoms with Crippen molar-refractivity contribution in [1.82, 2.24) is 10.2 Å². The number of halogens is 2. The SMILES string of the molecule is CCCCN1CCCC1CNC(=O)c1cc(Cl)cc2c1OCCN2C.Cl. The van der Waals surface area contributed by atoms with Gasteiger partial charge in [0.1, 0.15) is 6.61 Å². The Kier molecular flexibility index (Phi) is 7.86. The van der Waals surface area contributed by atoms with E-state index in [1.165, 1.54) is 19.3 Å². The van der Waals surface area contributed by atoms with E-state index >= 15 is 0 Å². The van der Waals surface area contributed by atoms with Crippen molar-refractivity contribution < 1.29 is 9.53 Å². The molecule has 0 spiro atoms. The fraction of sp³-hybridized carbons (Fsp3) is 0.632. The normalized spacial score (nSPS) is 19.5. The van der Waals surface area contributed by atoms with E-state index in [1.807, 2.05) is 13.1 Å². The van der Waals surface area contributed by atoms with E-state index in [0.29, 0.717) is 35.5 Å². The number of hydrogen-bond acceptors (Lipinski definition) is 4. The fourth-order valence-electron chi connectivity index (χ4n) is 3.68. The van der Waals surface area contributed by atoms with Crippen molar-refractivity contribution in [2.75, 3.05) is 44.7 Å². The molecular weight excluding hydrogens is 373 g/mol. The van der Waals surface area contributed by atoms with Gasteiger partial charge in [-0.3, -0.25) is 9.69 Å². The highest BCUT2D eigenvalue weighted by atomic mass is 35.5. The van der Waals surface area contributed by atoms with E-state index in [1.54, 1.807) is 6.07 Å². The number of fused-ring (bicyclic) bond motifs is 1. The van der Waals surface area contributed by atoms with Crippen LogP contribution in [0, 0.1) is 0 Å². The summed E-state index contributed by atoms with van der Waals surface area (Å²) < 4.78 is 5.78. The van der Waals surface area contributed by atoms with Gasteiger partial charge >= 0.3 is 0 Å². The van der Waals surface area contributed by atoms with Crippen LogP contribution in [0.15, 0.2) is 12.1 Å². The third kappa shape index (κ3) is 4.76. The number of ether oxygens (including phenoxy) is 1. The zero-order valence-corrected chi connectivity index (χ0v) is 17.2. The molecule has 146 valence electrons. The lowest BCUT2D eigenvalue weighted by Gasteiger charge is -2.29. The van der Waals surface area contributed by atoms with Gasteiger partial charge in [0.25, 0.3) is 5.91 Å². The highest BCUT2D eigenvalue weighted by Gasteiger charge is 2.26. The minimum atomic E-state index is -0.101. The van der Waals surface area contributed by atoms with Crippen LogP contribution in [0.5, 0.6) is 5.75 Å². The zero-order valence-electron chi connectivity index (χ0n) is 15.6. The van der Waals surface area contributed by atoms with Crippen LogP contribution in [0.25, 0.3) is 0 Å². The quantitative estimate of drug-likeness (QED) is 0.790. The molecule has 0 radical (unpaired) electrons. The third-order valence-corrected chi connectivity index (χ3v) is 5.38. The van der Waals surface area contributed by atoms with Crippen molar-refractivity contribution in [3.05, 3.63) is 22.7 Å². The molecule has 1 N–H and O–H groups in total. The van der Waals surface area contributed by atoms with Crippen LogP contribution >= 0.6 is 24.0 Å². The summed E-state index contributed by atoms with van der Waals surface area (Å²) in [6.07, 6.45) is 4.78. The Balaban J connectivity index is 0.00000243. The number of likely N-dealkylation sites (N-methyl/N-ethyl adjacent to an activating group) is 1. The molecule has 1 saturated heterocycles. The molecule has 26 heavy (non-hydrogen) atoms. The number of hydrogen-bond donors (Lipinski definition) is 1. The summed E-state index contributed by atoms with van der Waals surface area (Å²) in [4.78, 5) is 17.3. The summed E-state index contributed by atoms with van der Waals surface area (Å²) in [5.41, 5.74) is 1.42. The monoisotopic (exact) mass is 401 g/mol. The molecule has 2 heterocycles. The molecule has 7 heteroatoms. The highest BCUT2D eigenvalue weighted by Crippen LogP contribution is 2.37. The highest BCUT2D eigenvalue weighted by molar-refractivity contribution is 6.31. The van der Waals surface area contributed by atoms with Gasteiger partial charge in [0, 0.05) is 24.7 Å². The predicted octanol–water partition coefficient (Wildman–Crippen LogP) is 3.58. The van der Waals surface area contributed by atoms with Crippen molar-refractivity contribution in [3.63, 3.8) is 0 Å². The maximum absolute atomic E-state index is 12.8. The average molecular weight is 402 g/mol. The van der Waals surface area contributed by atoms with Crippen molar-refractivity contribution in [3.8, 4) is 5.75 Å². The van der Waals surface area contributed by atoms with Crippen LogP contribution < -0.4 is 15.0 Å². The minimum absolute atomic E-state index is 0. The summed E-state index contributed by atoms with van der Waals surface area (Å²) in [7, 11) is 1.99. The van der Waals surface area contributed by atoms with Gasteiger partial charge in [-0.15, -0.1) is 12.4 Å². The maximum atomic E-state index is 12.8. The summed E-state index contributed by atoms with van der Waals surface area (Å²) in [6.45, 7) is 6.53. The van der Waals surface area contributed by atoms with Crippen LogP contribution in [0.1, 0.15) is 43.0 Å². The maximum Gasteiger partial charge on any atom is 0.255 e. The number of likely N-dealkylation sites (tertiary alicyclic amines) is 1. The molecule has 1 amide bonds. The Morgan fingerprint density at radius 2 is 2.19 bits per heavy atom. The van der Waals surface area contributed by atoms with Crippen LogP contribution in [0.3, 0.4) is 0 Å². The molecular formula is C19H29Cl2N3O2. The molecule has 0 bridgehead atoms. The van der Waals surface area contributed by atoms with Crippen molar-refractivity contribution in [2.45, 2.75) is 38.6 Å². The van der Waals surface area contributed by atoms with Gasteiger partial charge in [0.05, 0.1) is 17.8 Å². The number of rotatable bonds is 6. The Bertz CT molecular complexity index is 627. The van der Waals surface area contributed by atoms with E-state index in [2.05, 4.69) is 22.0 Å². The van der Waals surface area contributed by atoms with Gasteiger partial charge in [-0.05, 0) is 44.5 Å². The molecule has 1 atom stereocenters. The molecule has 3 rings (SSSR count). The number of benzene rings is 1. The summed E-state index contributed by atoms with van der Waals surface area (Å²) >= 11 is 6.23. The van der Waals surface area contributed by atoms with Gasteiger partial charge in [-0.1, -0.05) is 24.9 Å². The first-order valence-corrected chi connectivity index (χ1v) is 9.67. The van der Waals surface area contributed by atoms with Gasteiger partial charge in [-0.2, -0.15) is 0 Å². The van der Waals surface area contributed by atoms with Crippen LogP contribution in [-0.4, -0.2) is 56.7 Å². The van der Waals surface area contributed by atoms with Crippen LogP contribution in [-0.2, 0) is 0 Å². The topological polar surface area (TPSA) is 44.8 Å². The first kappa shape index (κ1) is 21.1. The Labute approximate surface area is 167 Å². The molecule has 5 nitrogen and oxygen atoms in total. The number of carbonyl (C=O) groups is 1. The Hall–Kier alpha value is -1.17. The van der Waals surface area contributed by atoms with Crippen molar-refractivity contribution in [1.29, 1.82) is 0 Å². The Morgan fingerprint density at radius 3 is 2.96 bits per heavy atom. The van der Waals surface area contributed by atoms with Crippen LogP contribution in [0.2, 0.25) is 5.02 Å². The smallest absolute Gasteiger partial charge is 0.255 e. The molecule has 1 fully saturated rings. The first-order valence-electron chi connectivity index (χ1n) is 9.30. The van der Waals surface area contributed by atoms with E-state index < -0.39 is 0 Å². The minimum Gasteiger partial charge on any atom is -0.489 e. The first-order chi connectivity index (χ1) is 12.1. The van der Waals surface area contributed by atoms with Gasteiger partial charge in [0.15, 0.2) is 5.75 Å². The number of nitrogens with one attached hydrogen (secondary N) is 1. The van der Waals surface area contributed by atoms with E-state index in [0.717, 1.165) is 31.7 Å². The van der Waals surface area contributed by atoms with Gasteiger partial charge in [-0.25, -0.2) is 0 Å². The Morgan fingerprint density at radius 1 is 1.38 bits per heavy atom. The lowest BCUT2D eigenvalue weighted by Crippen LogP contribution is -2.41. The number of carbonyl (C=O) groups excluding carboxylic acids is 1. The summed E-state index contributed by atoms with van der Waals surface area (Å²) in [5.74, 6) is 0.543. The second-order valence-corrected chi connectivity index (χ2v) is 7.40. The van der Waals surface area contributed by atoms with E-state index in [-0.39, 0.29) is 18.3 Å². The second kappa shape index (κ2) is 9.67. The van der Waals surface area contributed by atoms with E-state index in [4.69, 9.17) is 16.3 Å². The third-order valence-electron chi connectivity index (χ3n) is 5.16. The number of amides is 1. The van der Waals surface area contributed by atoms with E-state index in [9.17, 15) is 4.79 Å². The molecule has 1 aromatic carbocycles. The molecule has 0 saturated carbocycles. The van der Waals surface area contributed by atoms with Crippen molar-refractivity contribution in [2.24, 2.45) is 0 Å². The van der Waals surface area contributed by atoms with Gasteiger partial charge < -0.3 is 15.0 Å². The van der Waals surface area contributed by atoms with Gasteiger partial charge in [0.2, 0.25) is 0 Å². The standard InChI is InChI=1S/C19H28ClN3O2.ClH/c1-3-4-7-23-8-5-6-15(23)13-21-19(24)16-11-14(20)12-17-18(16)25-10-9-22(17)2;/h11-12,15H,3-10,13H2,1-2H3,(H,21,24);1H. The average Bonchev–Trinajstić information content (AvgIpc) is 3.05. The molecule has 2 aliphatic heterocycles. The second-order valence-electron chi connectivity index (χ2n) is 6.97. The molecule has 0 aliphatic carbocycles. The largest absolute Gasteiger partial charge is 0.489 e. The molecule has 0 aromatic heterocycles. The molecule has 1 unspecified atom stereocenters. The number of nitrogens with zero attached hydrogens (tertiary/aromatic N) is 2. The lowest BCUT2D eigenvalue weighted by molar-refractivity contribution is 0.0936. The molecule has 1 aromatic rings. The zero-order chi connectivity index (χ0) is 17.8. The van der Waals surface area contributed by atoms with Crippen LogP contribution in [0.4, 0.5) is 5.69 Å². The predicted molar refractivity (Wildman–Crippen MR) is 109 cm³/mol. The molecule has 2 aliphatic rings.